The maximum atomic E-state index is 5.19. The lowest BCUT2D eigenvalue weighted by Gasteiger charge is -2.00. The number of pyridine rings is 1. The zero-order chi connectivity index (χ0) is 16.5. The largest absolute Gasteiger partial charge is 0.497 e. The number of aromatic nitrogens is 3. The molecule has 4 rings (SSSR count). The molecule has 2 N–H and O–H groups in total. The van der Waals surface area contributed by atoms with Crippen LogP contribution in [-0.2, 0) is 0 Å². The van der Waals surface area contributed by atoms with Crippen LogP contribution in [0.25, 0.3) is 17.0 Å². The van der Waals surface area contributed by atoms with Crippen LogP contribution in [0.5, 0.6) is 5.75 Å². The smallest absolute Gasteiger partial charge is 0.288 e. The van der Waals surface area contributed by atoms with Gasteiger partial charge in [-0.15, -0.1) is 0 Å². The van der Waals surface area contributed by atoms with Gasteiger partial charge in [-0.3, -0.25) is 9.72 Å². The molecule has 5 nitrogen and oxygen atoms in total. The van der Waals surface area contributed by atoms with Gasteiger partial charge in [-0.05, 0) is 31.2 Å². The molecule has 0 aliphatic rings. The predicted molar refractivity (Wildman–Crippen MR) is 95.3 cm³/mol. The summed E-state index contributed by atoms with van der Waals surface area (Å²) in [5.41, 5.74) is 5.04. The van der Waals surface area contributed by atoms with E-state index in [-0.39, 0.29) is 0 Å². The summed E-state index contributed by atoms with van der Waals surface area (Å²) < 4.78 is 7.27. The fourth-order valence-electron chi connectivity index (χ4n) is 2.73. The van der Waals surface area contributed by atoms with Gasteiger partial charge in [0.15, 0.2) is 0 Å². The minimum absolute atomic E-state index is 0.855. The van der Waals surface area contributed by atoms with E-state index in [9.17, 15) is 0 Å². The Morgan fingerprint density at radius 1 is 1.08 bits per heavy atom. The number of thiazole rings is 1. The molecule has 3 aromatic heterocycles. The van der Waals surface area contributed by atoms with Crippen LogP contribution < -0.4 is 10.1 Å². The molecular formula is C18H17N4OS+. The van der Waals surface area contributed by atoms with Crippen LogP contribution in [0.1, 0.15) is 5.69 Å². The highest BCUT2D eigenvalue weighted by atomic mass is 32.1. The van der Waals surface area contributed by atoms with Gasteiger partial charge in [-0.25, -0.2) is 4.98 Å². The Bertz CT molecular complexity index is 988. The van der Waals surface area contributed by atoms with Crippen molar-refractivity contribution >= 4 is 27.8 Å². The maximum Gasteiger partial charge on any atom is 0.288 e. The van der Waals surface area contributed by atoms with Crippen molar-refractivity contribution in [1.82, 2.24) is 14.4 Å². The van der Waals surface area contributed by atoms with E-state index in [1.54, 1.807) is 18.4 Å². The van der Waals surface area contributed by atoms with E-state index < -0.39 is 0 Å². The summed E-state index contributed by atoms with van der Waals surface area (Å²) >= 11 is 1.63. The fraction of sp³-hybridized carbons (Fsp3) is 0.111. The quantitative estimate of drug-likeness (QED) is 0.581. The lowest BCUT2D eigenvalue weighted by Crippen LogP contribution is -2.70. The summed E-state index contributed by atoms with van der Waals surface area (Å²) in [6.07, 6.45) is 2.02. The van der Waals surface area contributed by atoms with Gasteiger partial charge in [-0.2, -0.15) is 4.98 Å². The zero-order valence-corrected chi connectivity index (χ0v) is 14.2. The first-order valence-electron chi connectivity index (χ1n) is 7.63. The van der Waals surface area contributed by atoms with Crippen LogP contribution in [-0.4, -0.2) is 21.5 Å². The van der Waals surface area contributed by atoms with Crippen LogP contribution in [0.2, 0.25) is 0 Å². The number of hydrogen-bond donors (Lipinski definition) is 1. The first-order chi connectivity index (χ1) is 11.7. The Morgan fingerprint density at radius 3 is 2.71 bits per heavy atom. The first-order valence-corrected chi connectivity index (χ1v) is 8.51. The Labute approximate surface area is 143 Å². The standard InChI is InChI=1S/C18H16N4OS/c1-12-17(22-10-4-3-5-16(22)19-12)15-11-24-18(21-15)20-13-6-8-14(23-2)9-7-13/h3-11H,1-2H3,(H,20,21)/p+1. The van der Waals surface area contributed by atoms with Gasteiger partial charge in [0, 0.05) is 23.7 Å². The number of aryl methyl sites for hydroxylation is 1. The molecule has 0 fully saturated rings. The van der Waals surface area contributed by atoms with Gasteiger partial charge in [0.05, 0.1) is 18.5 Å². The molecular weight excluding hydrogens is 320 g/mol. The lowest BCUT2D eigenvalue weighted by atomic mass is 10.3. The number of hydrogen-bond acceptors (Lipinski definition) is 4. The van der Waals surface area contributed by atoms with E-state index in [1.807, 2.05) is 55.6 Å². The van der Waals surface area contributed by atoms with Gasteiger partial charge in [0.25, 0.3) is 5.13 Å². The highest BCUT2D eigenvalue weighted by Gasteiger charge is 2.15. The third-order valence-electron chi connectivity index (χ3n) is 3.87. The SMILES string of the molecule is COc1ccc([NH2+]c2nc(-c3c(C)nc4ccccn34)cs2)cc1. The van der Waals surface area contributed by atoms with Crippen LogP contribution in [0, 0.1) is 6.92 Å². The molecule has 0 aliphatic heterocycles. The van der Waals surface area contributed by atoms with Crippen molar-refractivity contribution < 1.29 is 10.1 Å². The van der Waals surface area contributed by atoms with Crippen LogP contribution in [0.4, 0.5) is 10.8 Å². The van der Waals surface area contributed by atoms with E-state index >= 15 is 0 Å². The summed E-state index contributed by atoms with van der Waals surface area (Å²) in [6, 6.07) is 14.0. The molecule has 3 heterocycles. The summed E-state index contributed by atoms with van der Waals surface area (Å²) in [5, 5.41) is 5.13. The topological polar surface area (TPSA) is 56.0 Å². The fourth-order valence-corrected chi connectivity index (χ4v) is 3.48. The van der Waals surface area contributed by atoms with Crippen molar-refractivity contribution in [1.29, 1.82) is 0 Å². The Balaban J connectivity index is 1.65. The van der Waals surface area contributed by atoms with Crippen LogP contribution >= 0.6 is 11.3 Å². The molecule has 0 spiro atoms. The molecule has 24 heavy (non-hydrogen) atoms. The highest BCUT2D eigenvalue weighted by molar-refractivity contribution is 7.13. The minimum Gasteiger partial charge on any atom is -0.497 e. The Hall–Kier alpha value is -2.70. The van der Waals surface area contributed by atoms with E-state index in [1.165, 1.54) is 0 Å². The molecule has 4 aromatic rings. The third kappa shape index (κ3) is 2.66. The van der Waals surface area contributed by atoms with E-state index in [0.717, 1.165) is 39.3 Å². The monoisotopic (exact) mass is 337 g/mol. The minimum atomic E-state index is 0.855. The maximum absolute atomic E-state index is 5.19. The number of imidazole rings is 1. The van der Waals surface area contributed by atoms with Gasteiger partial charge in [-0.1, -0.05) is 17.4 Å². The summed E-state index contributed by atoms with van der Waals surface area (Å²) in [6.45, 7) is 2.02. The Kier molecular flexibility index (Phi) is 3.76. The van der Waals surface area contributed by atoms with E-state index in [2.05, 4.69) is 20.1 Å². The van der Waals surface area contributed by atoms with Crippen molar-refractivity contribution in [3.63, 3.8) is 0 Å². The normalized spacial score (nSPS) is 11.1. The number of fused-ring (bicyclic) bond motifs is 1. The molecule has 0 saturated heterocycles. The predicted octanol–water partition coefficient (Wildman–Crippen LogP) is 3.30. The molecule has 0 unspecified atom stereocenters. The zero-order valence-electron chi connectivity index (χ0n) is 13.4. The number of ether oxygens (including phenoxy) is 1. The van der Waals surface area contributed by atoms with Gasteiger partial charge in [0.1, 0.15) is 22.8 Å². The number of nitrogens with zero attached hydrogens (tertiary/aromatic N) is 3. The second kappa shape index (κ2) is 6.07. The van der Waals surface area contributed by atoms with Crippen molar-refractivity contribution in [2.75, 3.05) is 7.11 Å². The lowest BCUT2D eigenvalue weighted by molar-refractivity contribution is -0.478. The molecule has 1 aromatic carbocycles. The van der Waals surface area contributed by atoms with Gasteiger partial charge < -0.3 is 4.74 Å². The van der Waals surface area contributed by atoms with Crippen LogP contribution in [0.15, 0.2) is 54.0 Å². The molecule has 0 saturated carbocycles. The van der Waals surface area contributed by atoms with Crippen molar-refractivity contribution in [3.05, 3.63) is 59.7 Å². The summed E-state index contributed by atoms with van der Waals surface area (Å²) in [7, 11) is 1.67. The second-order valence-corrected chi connectivity index (χ2v) is 6.35. The number of benzene rings is 1. The summed E-state index contributed by atoms with van der Waals surface area (Å²) in [4.78, 5) is 9.38. The van der Waals surface area contributed by atoms with E-state index in [4.69, 9.17) is 9.72 Å². The van der Waals surface area contributed by atoms with Crippen molar-refractivity contribution in [2.45, 2.75) is 6.92 Å². The molecule has 0 bridgehead atoms. The molecule has 0 radical (unpaired) electrons. The number of methoxy groups -OCH3 is 1. The average molecular weight is 337 g/mol. The number of quaternary nitrogens is 1. The molecule has 0 atom stereocenters. The molecule has 120 valence electrons. The Morgan fingerprint density at radius 2 is 1.92 bits per heavy atom. The third-order valence-corrected chi connectivity index (χ3v) is 4.67. The number of rotatable bonds is 4. The van der Waals surface area contributed by atoms with Crippen LogP contribution in [0.3, 0.4) is 0 Å². The highest BCUT2D eigenvalue weighted by Crippen LogP contribution is 2.27. The van der Waals surface area contributed by atoms with Gasteiger partial charge >= 0.3 is 0 Å². The average Bonchev–Trinajstić information content (AvgIpc) is 3.18. The van der Waals surface area contributed by atoms with E-state index in [0.29, 0.717) is 0 Å². The second-order valence-electron chi connectivity index (χ2n) is 5.46. The molecule has 0 aliphatic carbocycles. The first kappa shape index (κ1) is 14.9. The van der Waals surface area contributed by atoms with Crippen molar-refractivity contribution in [3.8, 4) is 17.1 Å². The summed E-state index contributed by atoms with van der Waals surface area (Å²) in [5.74, 6) is 0.855. The molecule has 6 heteroatoms. The van der Waals surface area contributed by atoms with Gasteiger partial charge in [0.2, 0.25) is 0 Å². The molecule has 0 amide bonds. The number of nitrogens with two attached hydrogens (primary N) is 1. The van der Waals surface area contributed by atoms with Crippen molar-refractivity contribution in [2.24, 2.45) is 0 Å².